The topological polar surface area (TPSA) is 38.5 Å². The minimum Gasteiger partial charge on any atom is -0.383 e. The molecule has 0 aliphatic carbocycles. The molecule has 1 aromatic rings. The Morgan fingerprint density at radius 1 is 1.37 bits per heavy atom. The summed E-state index contributed by atoms with van der Waals surface area (Å²) in [6.45, 7) is 9.06. The van der Waals surface area contributed by atoms with Gasteiger partial charge < -0.3 is 10.5 Å². The van der Waals surface area contributed by atoms with E-state index in [1.54, 1.807) is 7.11 Å². The first-order valence-electron chi connectivity index (χ1n) is 7.18. The van der Waals surface area contributed by atoms with Crippen LogP contribution in [-0.2, 0) is 4.74 Å². The van der Waals surface area contributed by atoms with Crippen molar-refractivity contribution in [3.05, 3.63) is 21.9 Å². The van der Waals surface area contributed by atoms with Crippen LogP contribution >= 0.6 is 11.3 Å². The van der Waals surface area contributed by atoms with Crippen LogP contribution in [-0.4, -0.2) is 37.7 Å². The van der Waals surface area contributed by atoms with Crippen molar-refractivity contribution in [1.29, 1.82) is 0 Å². The van der Waals surface area contributed by atoms with Crippen molar-refractivity contribution in [2.75, 3.05) is 26.8 Å². The zero-order valence-electron chi connectivity index (χ0n) is 12.7. The summed E-state index contributed by atoms with van der Waals surface area (Å²) < 4.78 is 5.27. The van der Waals surface area contributed by atoms with E-state index in [-0.39, 0.29) is 0 Å². The molecule has 0 aromatic carbocycles. The van der Waals surface area contributed by atoms with Gasteiger partial charge in [-0.1, -0.05) is 13.8 Å². The molecule has 0 saturated heterocycles. The van der Waals surface area contributed by atoms with Crippen molar-refractivity contribution in [3.63, 3.8) is 0 Å². The Kier molecular flexibility index (Phi) is 7.61. The maximum atomic E-state index is 6.08. The number of hydrogen-bond acceptors (Lipinski definition) is 4. The van der Waals surface area contributed by atoms with Crippen LogP contribution in [0.3, 0.4) is 0 Å². The van der Waals surface area contributed by atoms with Gasteiger partial charge in [0.15, 0.2) is 0 Å². The molecule has 0 fully saturated rings. The number of thiophene rings is 1. The van der Waals surface area contributed by atoms with Gasteiger partial charge >= 0.3 is 0 Å². The number of ether oxygens (including phenoxy) is 1. The van der Waals surface area contributed by atoms with Crippen LogP contribution < -0.4 is 5.73 Å². The van der Waals surface area contributed by atoms with Crippen molar-refractivity contribution >= 4 is 11.3 Å². The van der Waals surface area contributed by atoms with Crippen molar-refractivity contribution in [3.8, 4) is 0 Å². The monoisotopic (exact) mass is 284 g/mol. The Morgan fingerprint density at radius 3 is 2.47 bits per heavy atom. The highest BCUT2D eigenvalue weighted by molar-refractivity contribution is 7.10. The molecule has 0 aliphatic heterocycles. The van der Waals surface area contributed by atoms with Crippen LogP contribution in [0.25, 0.3) is 0 Å². The maximum Gasteiger partial charge on any atom is 0.0590 e. The zero-order chi connectivity index (χ0) is 14.3. The number of nitrogens with two attached hydrogens (primary N) is 1. The molecular weight excluding hydrogens is 256 g/mol. The third kappa shape index (κ3) is 4.28. The van der Waals surface area contributed by atoms with Gasteiger partial charge in [-0.3, -0.25) is 4.90 Å². The van der Waals surface area contributed by atoms with Gasteiger partial charge in [-0.15, -0.1) is 11.3 Å². The number of methoxy groups -OCH3 is 1. The Hall–Kier alpha value is -0.420. The predicted octanol–water partition coefficient (Wildman–Crippen LogP) is 3.19. The molecule has 4 heteroatoms. The molecule has 1 aromatic heterocycles. The van der Waals surface area contributed by atoms with Crippen molar-refractivity contribution in [2.45, 2.75) is 45.7 Å². The van der Waals surface area contributed by atoms with E-state index in [1.165, 1.54) is 10.4 Å². The second-order valence-corrected chi connectivity index (χ2v) is 5.87. The Labute approximate surface area is 121 Å². The first-order valence-corrected chi connectivity index (χ1v) is 8.06. The minimum absolute atomic E-state index is 0.319. The minimum atomic E-state index is 0.319. The van der Waals surface area contributed by atoms with Gasteiger partial charge in [0.1, 0.15) is 0 Å². The predicted molar refractivity (Wildman–Crippen MR) is 83.8 cm³/mol. The largest absolute Gasteiger partial charge is 0.383 e. The van der Waals surface area contributed by atoms with Crippen LogP contribution in [0.1, 0.15) is 43.2 Å². The molecule has 1 atom stereocenters. The second kappa shape index (κ2) is 8.69. The Balaban J connectivity index is 2.95. The summed E-state index contributed by atoms with van der Waals surface area (Å²) >= 11 is 1.82. The lowest BCUT2D eigenvalue weighted by Gasteiger charge is -2.37. The lowest BCUT2D eigenvalue weighted by molar-refractivity contribution is 0.0828. The summed E-state index contributed by atoms with van der Waals surface area (Å²) in [5.41, 5.74) is 7.43. The van der Waals surface area contributed by atoms with Gasteiger partial charge in [0.2, 0.25) is 0 Å². The third-order valence-corrected chi connectivity index (χ3v) is 4.91. The smallest absolute Gasteiger partial charge is 0.0590 e. The molecule has 0 spiro atoms. The van der Waals surface area contributed by atoms with Crippen LogP contribution in [0, 0.1) is 6.92 Å². The van der Waals surface area contributed by atoms with E-state index in [4.69, 9.17) is 10.5 Å². The quantitative estimate of drug-likeness (QED) is 0.757. The highest BCUT2D eigenvalue weighted by Gasteiger charge is 2.26. The average Bonchev–Trinajstić information content (AvgIpc) is 2.84. The molecule has 110 valence electrons. The van der Waals surface area contributed by atoms with Gasteiger partial charge in [0.05, 0.1) is 12.6 Å². The molecule has 0 radical (unpaired) electrons. The zero-order valence-corrected chi connectivity index (χ0v) is 13.5. The van der Waals surface area contributed by atoms with Gasteiger partial charge in [-0.2, -0.15) is 0 Å². The molecule has 2 N–H and O–H groups in total. The van der Waals surface area contributed by atoms with E-state index in [0.29, 0.717) is 18.6 Å². The van der Waals surface area contributed by atoms with Gasteiger partial charge in [0.25, 0.3) is 0 Å². The fourth-order valence-corrected chi connectivity index (χ4v) is 3.73. The highest BCUT2D eigenvalue weighted by Crippen LogP contribution is 2.30. The van der Waals surface area contributed by atoms with Crippen LogP contribution in [0.5, 0.6) is 0 Å². The number of nitrogens with zero attached hydrogens (tertiary/aromatic N) is 1. The van der Waals surface area contributed by atoms with Crippen molar-refractivity contribution in [2.24, 2.45) is 5.73 Å². The molecule has 0 bridgehead atoms. The summed E-state index contributed by atoms with van der Waals surface area (Å²) in [5.74, 6) is 0. The highest BCUT2D eigenvalue weighted by atomic mass is 32.1. The van der Waals surface area contributed by atoms with E-state index < -0.39 is 0 Å². The fraction of sp³-hybridized carbons (Fsp3) is 0.733. The maximum absolute atomic E-state index is 6.08. The number of rotatable bonds is 9. The summed E-state index contributed by atoms with van der Waals surface area (Å²) in [6.07, 6.45) is 2.31. The summed E-state index contributed by atoms with van der Waals surface area (Å²) in [4.78, 5) is 3.94. The van der Waals surface area contributed by atoms with E-state index in [1.807, 2.05) is 11.3 Å². The van der Waals surface area contributed by atoms with Crippen molar-refractivity contribution < 1.29 is 4.74 Å². The Bertz CT molecular complexity index is 350. The Morgan fingerprint density at radius 2 is 2.05 bits per heavy atom. The molecular formula is C15H28N2OS. The van der Waals surface area contributed by atoms with Crippen LogP contribution in [0.4, 0.5) is 0 Å². The first-order chi connectivity index (χ1) is 9.19. The van der Waals surface area contributed by atoms with Gasteiger partial charge in [0, 0.05) is 31.1 Å². The lowest BCUT2D eigenvalue weighted by atomic mass is 10.0. The SMILES string of the molecule is CCC(CC)N(CCOC)C(CN)c1sccc1C. The molecule has 0 amide bonds. The molecule has 1 unspecified atom stereocenters. The summed E-state index contributed by atoms with van der Waals surface area (Å²) in [6, 6.07) is 3.08. The van der Waals surface area contributed by atoms with Crippen LogP contribution in [0.15, 0.2) is 11.4 Å². The van der Waals surface area contributed by atoms with E-state index in [0.717, 1.165) is 26.0 Å². The summed E-state index contributed by atoms with van der Waals surface area (Å²) in [7, 11) is 1.76. The van der Waals surface area contributed by atoms with E-state index in [9.17, 15) is 0 Å². The lowest BCUT2D eigenvalue weighted by Crippen LogP contribution is -2.42. The molecule has 0 saturated carbocycles. The average molecular weight is 284 g/mol. The number of aryl methyl sites for hydroxylation is 1. The molecule has 1 rings (SSSR count). The molecule has 3 nitrogen and oxygen atoms in total. The summed E-state index contributed by atoms with van der Waals surface area (Å²) in [5, 5.41) is 2.16. The first kappa shape index (κ1) is 16.6. The van der Waals surface area contributed by atoms with E-state index in [2.05, 4.69) is 37.1 Å². The van der Waals surface area contributed by atoms with E-state index >= 15 is 0 Å². The third-order valence-electron chi connectivity index (χ3n) is 3.79. The van der Waals surface area contributed by atoms with Gasteiger partial charge in [-0.05, 0) is 36.8 Å². The molecule has 0 aliphatic rings. The standard InChI is InChI=1S/C15H28N2OS/c1-5-13(6-2)17(8-9-18-4)14(11-16)15-12(3)7-10-19-15/h7,10,13-14H,5-6,8-9,11,16H2,1-4H3. The molecule has 19 heavy (non-hydrogen) atoms. The van der Waals surface area contributed by atoms with Gasteiger partial charge in [-0.25, -0.2) is 0 Å². The van der Waals surface area contributed by atoms with Crippen molar-refractivity contribution in [1.82, 2.24) is 4.90 Å². The fourth-order valence-electron chi connectivity index (χ4n) is 2.67. The number of hydrogen-bond donors (Lipinski definition) is 1. The molecule has 1 heterocycles. The normalized spacial score (nSPS) is 13.4. The second-order valence-electron chi connectivity index (χ2n) is 4.92. The van der Waals surface area contributed by atoms with Crippen LogP contribution in [0.2, 0.25) is 0 Å².